The molecule has 0 spiro atoms. The third-order valence-electron chi connectivity index (χ3n) is 10.7. The zero-order valence-electron chi connectivity index (χ0n) is 34.1. The molecule has 1 unspecified atom stereocenters. The number of nitrogens with zero attached hydrogens (tertiary/aromatic N) is 1. The molecule has 2 saturated heterocycles. The average Bonchev–Trinajstić information content (AvgIpc) is 3.82. The Labute approximate surface area is 372 Å². The zero-order chi connectivity index (χ0) is 41.0. The fraction of sp³-hybridized carbons (Fsp3) is 0.378. The number of piperidine rings is 2. The van der Waals surface area contributed by atoms with Gasteiger partial charge in [0, 0.05) is 40.9 Å². The summed E-state index contributed by atoms with van der Waals surface area (Å²) < 4.78 is 0. The molecule has 5 amide bonds. The van der Waals surface area contributed by atoms with Crippen molar-refractivity contribution in [3.05, 3.63) is 105 Å². The molecule has 304 valence electrons. The second kappa shape index (κ2) is 22.1. The molecule has 3 aliphatic rings. The van der Waals surface area contributed by atoms with Gasteiger partial charge >= 0.3 is 29.6 Å². The van der Waals surface area contributed by atoms with E-state index in [0.29, 0.717) is 36.8 Å². The fourth-order valence-electron chi connectivity index (χ4n) is 7.34. The number of anilines is 2. The average molecular weight is 827 g/mol. The maximum atomic E-state index is 13.2. The van der Waals surface area contributed by atoms with E-state index >= 15 is 0 Å². The van der Waals surface area contributed by atoms with Gasteiger partial charge in [-0.1, -0.05) is 56.7 Å². The number of carbonyl (C=O) groups is 5. The Kier molecular flexibility index (Phi) is 17.0. The van der Waals surface area contributed by atoms with E-state index in [1.165, 1.54) is 16.0 Å². The van der Waals surface area contributed by atoms with Crippen LogP contribution in [0.3, 0.4) is 0 Å². The summed E-state index contributed by atoms with van der Waals surface area (Å²) in [5.74, 6) is -2.07. The van der Waals surface area contributed by atoms with E-state index in [9.17, 15) is 28.8 Å². The van der Waals surface area contributed by atoms with E-state index in [1.54, 1.807) is 29.5 Å². The predicted octanol–water partition coefficient (Wildman–Crippen LogP) is 3.29. The topological polar surface area (TPSA) is 166 Å². The number of aryl methyl sites for hydroxylation is 2. The van der Waals surface area contributed by atoms with Crippen molar-refractivity contribution in [3.8, 4) is 10.4 Å². The van der Waals surface area contributed by atoms with Gasteiger partial charge in [0.25, 0.3) is 11.8 Å². The molecule has 1 aromatic heterocycles. The van der Waals surface area contributed by atoms with E-state index < -0.39 is 29.7 Å². The van der Waals surface area contributed by atoms with Gasteiger partial charge in [0.05, 0.1) is 24.0 Å². The number of thiophene rings is 1. The van der Waals surface area contributed by atoms with Crippen LogP contribution < -0.4 is 56.1 Å². The van der Waals surface area contributed by atoms with Crippen LogP contribution in [-0.4, -0.2) is 72.4 Å². The van der Waals surface area contributed by atoms with Crippen molar-refractivity contribution in [1.82, 2.24) is 20.9 Å². The molecule has 12 nitrogen and oxygen atoms in total. The Hall–Kier alpha value is -4.66. The van der Waals surface area contributed by atoms with Gasteiger partial charge < -0.3 is 26.1 Å². The molecule has 4 heterocycles. The van der Waals surface area contributed by atoms with Crippen LogP contribution >= 0.6 is 11.3 Å². The van der Waals surface area contributed by atoms with Crippen molar-refractivity contribution in [2.45, 2.75) is 90.3 Å². The van der Waals surface area contributed by atoms with Crippen LogP contribution in [0.5, 0.6) is 0 Å². The number of benzene rings is 3. The summed E-state index contributed by atoms with van der Waals surface area (Å²) in [4.78, 5) is 76.3. The molecule has 5 N–H and O–H groups in total. The van der Waals surface area contributed by atoms with Crippen molar-refractivity contribution >= 4 is 58.5 Å². The maximum Gasteiger partial charge on any atom is 1.00 e. The Balaban J connectivity index is 0.000000326. The molecule has 59 heavy (non-hydrogen) atoms. The van der Waals surface area contributed by atoms with Gasteiger partial charge in [-0.15, -0.1) is 34.6 Å². The monoisotopic (exact) mass is 826 g/mol. The molecule has 0 bridgehead atoms. The molecule has 3 aliphatic heterocycles. The Bertz CT molecular complexity index is 2150. The standard InChI is InChI=1S/C32H34N4O5S.C13H17N2O.Na/c1-2-20-8-6-9-21(18-20)26-15-13-22(42-26)19-34-27(37)12-4-3-5-17-33-24-11-7-10-23-29(24)32(41)36(31(23)40)25-14-16-28(38)35-30(25)39;1-10-2-3-13(8-11(10)9-16)15-12-4-6-14-7-5-12;/h6-11,13,15,18,25,33H,2-5,12,14,16-17,19H2,1H3,(H,34,37)(H,35,38,39);2-3,8,12,14-15H,4-7H2,1H3;/q;-1;+1. The van der Waals surface area contributed by atoms with E-state index in [4.69, 9.17) is 0 Å². The maximum absolute atomic E-state index is 13.2. The number of fused-ring (bicyclic) bond motifs is 1. The third kappa shape index (κ3) is 12.0. The molecule has 0 saturated carbocycles. The summed E-state index contributed by atoms with van der Waals surface area (Å²) in [7, 11) is 0. The fourth-order valence-corrected chi connectivity index (χ4v) is 8.29. The number of hydrogen-bond acceptors (Lipinski definition) is 10. The number of rotatable bonds is 15. The van der Waals surface area contributed by atoms with E-state index in [1.807, 2.05) is 31.4 Å². The van der Waals surface area contributed by atoms with Gasteiger partial charge in [-0.3, -0.25) is 34.2 Å². The third-order valence-corrected chi connectivity index (χ3v) is 11.8. The first-order chi connectivity index (χ1) is 28.1. The quantitative estimate of drug-likeness (QED) is 0.0524. The number of unbranched alkanes of at least 4 members (excludes halogenated alkanes) is 2. The number of imide groups is 2. The number of carbonyl (C=O) groups excluding carboxylic acids is 6. The summed E-state index contributed by atoms with van der Waals surface area (Å²) in [5, 5.41) is 15.3. The Morgan fingerprint density at radius 1 is 0.915 bits per heavy atom. The first kappa shape index (κ1) is 45.4. The smallest absolute Gasteiger partial charge is 0.392 e. The Morgan fingerprint density at radius 3 is 2.47 bits per heavy atom. The van der Waals surface area contributed by atoms with Crippen LogP contribution in [0, 0.1) is 6.92 Å². The summed E-state index contributed by atoms with van der Waals surface area (Å²) in [6.07, 6.45) is 8.21. The first-order valence-corrected chi connectivity index (χ1v) is 21.0. The largest absolute Gasteiger partial charge is 1.00 e. The van der Waals surface area contributed by atoms with Crippen molar-refractivity contribution < 1.29 is 58.3 Å². The van der Waals surface area contributed by atoms with Crippen LogP contribution in [0.25, 0.3) is 10.4 Å². The molecule has 2 fully saturated rings. The van der Waals surface area contributed by atoms with Crippen LogP contribution in [0.15, 0.2) is 72.8 Å². The van der Waals surface area contributed by atoms with Gasteiger partial charge in [-0.2, -0.15) is 0 Å². The molecular formula is C45H51N6NaO6S. The summed E-state index contributed by atoms with van der Waals surface area (Å²) in [6, 6.07) is 23.1. The minimum absolute atomic E-state index is 0. The minimum atomic E-state index is -0.992. The van der Waals surface area contributed by atoms with Gasteiger partial charge in [-0.05, 0) is 92.7 Å². The van der Waals surface area contributed by atoms with Crippen molar-refractivity contribution in [2.75, 3.05) is 30.3 Å². The van der Waals surface area contributed by atoms with Crippen molar-refractivity contribution in [1.29, 1.82) is 0 Å². The number of nitrogens with one attached hydrogen (secondary N) is 5. The van der Waals surface area contributed by atoms with E-state index in [-0.39, 0.29) is 59.4 Å². The Morgan fingerprint density at radius 2 is 1.71 bits per heavy atom. The van der Waals surface area contributed by atoms with Gasteiger partial charge in [0.15, 0.2) is 0 Å². The summed E-state index contributed by atoms with van der Waals surface area (Å²) >= 11 is 1.69. The van der Waals surface area contributed by atoms with Gasteiger partial charge in [0.1, 0.15) is 6.04 Å². The summed E-state index contributed by atoms with van der Waals surface area (Å²) in [5.41, 5.74) is 6.20. The zero-order valence-corrected chi connectivity index (χ0v) is 36.9. The second-order valence-electron chi connectivity index (χ2n) is 14.8. The first-order valence-electron chi connectivity index (χ1n) is 20.1. The number of amides is 5. The molecule has 4 aromatic rings. The van der Waals surface area contributed by atoms with Crippen LogP contribution in [0.1, 0.15) is 101 Å². The van der Waals surface area contributed by atoms with Crippen LogP contribution in [0.4, 0.5) is 11.4 Å². The molecule has 0 aliphatic carbocycles. The van der Waals surface area contributed by atoms with Crippen LogP contribution in [-0.2, 0) is 32.1 Å². The molecule has 1 atom stereocenters. The van der Waals surface area contributed by atoms with Crippen LogP contribution in [0.2, 0.25) is 0 Å². The van der Waals surface area contributed by atoms with Gasteiger partial charge in [-0.25, -0.2) is 0 Å². The number of hydrogen-bond donors (Lipinski definition) is 5. The normalized spacial score (nSPS) is 16.3. The molecular weight excluding hydrogens is 776 g/mol. The predicted molar refractivity (Wildman–Crippen MR) is 227 cm³/mol. The van der Waals surface area contributed by atoms with Gasteiger partial charge in [0.2, 0.25) is 17.7 Å². The van der Waals surface area contributed by atoms with Crippen molar-refractivity contribution in [2.24, 2.45) is 0 Å². The molecule has 3 aromatic carbocycles. The molecule has 14 heteroatoms. The molecule has 7 rings (SSSR count). The van der Waals surface area contributed by atoms with Crippen molar-refractivity contribution in [3.63, 3.8) is 0 Å². The van der Waals surface area contributed by atoms with E-state index in [0.717, 1.165) is 72.6 Å². The molecule has 0 radical (unpaired) electrons. The van der Waals surface area contributed by atoms with E-state index in [2.05, 4.69) is 69.9 Å². The SMILES string of the molecule is CCc1cccc(-c2ccc(CNC(=O)CCCCCNc3cccc4c3C(=O)N(C3CCC(=O)NC3=O)C4=O)s2)c1.Cc1ccc(NC2CCNCC2)cc1[C-]=O.[Na+]. The summed E-state index contributed by atoms with van der Waals surface area (Å²) in [6.45, 7) is 7.28. The second-order valence-corrected chi connectivity index (χ2v) is 16.0. The minimum Gasteiger partial charge on any atom is -0.392 e.